The SMILES string of the molecule is C=CCn1ccnc1SCCO. The molecule has 0 bridgehead atoms. The summed E-state index contributed by atoms with van der Waals surface area (Å²) in [5.74, 6) is 0.689. The van der Waals surface area contributed by atoms with Crippen LogP contribution in [0.3, 0.4) is 0 Å². The number of aliphatic hydroxyl groups excluding tert-OH is 1. The van der Waals surface area contributed by atoms with E-state index in [1.165, 1.54) is 0 Å². The number of rotatable bonds is 5. The highest BCUT2D eigenvalue weighted by Gasteiger charge is 1.99. The number of thioether (sulfide) groups is 1. The average Bonchev–Trinajstić information content (AvgIpc) is 2.50. The van der Waals surface area contributed by atoms with E-state index in [9.17, 15) is 0 Å². The molecule has 0 aliphatic heterocycles. The van der Waals surface area contributed by atoms with Gasteiger partial charge in [-0.2, -0.15) is 0 Å². The summed E-state index contributed by atoms with van der Waals surface area (Å²) in [5, 5.41) is 9.54. The molecule has 12 heavy (non-hydrogen) atoms. The largest absolute Gasteiger partial charge is 0.396 e. The molecule has 0 atom stereocenters. The van der Waals surface area contributed by atoms with Crippen LogP contribution in [-0.4, -0.2) is 27.0 Å². The molecule has 3 nitrogen and oxygen atoms in total. The van der Waals surface area contributed by atoms with E-state index in [0.717, 1.165) is 11.7 Å². The number of aromatic nitrogens is 2. The maximum absolute atomic E-state index is 8.61. The fraction of sp³-hybridized carbons (Fsp3) is 0.375. The molecule has 0 spiro atoms. The van der Waals surface area contributed by atoms with Crippen LogP contribution in [0.2, 0.25) is 0 Å². The average molecular weight is 184 g/mol. The molecule has 1 rings (SSSR count). The third-order valence-corrected chi connectivity index (χ3v) is 2.31. The van der Waals surface area contributed by atoms with Crippen LogP contribution in [-0.2, 0) is 6.54 Å². The Labute approximate surface area is 76.1 Å². The van der Waals surface area contributed by atoms with E-state index in [2.05, 4.69) is 11.6 Å². The first-order chi connectivity index (χ1) is 5.88. The van der Waals surface area contributed by atoms with Gasteiger partial charge in [0.05, 0.1) is 6.61 Å². The van der Waals surface area contributed by atoms with Crippen LogP contribution in [0.4, 0.5) is 0 Å². The Bertz CT molecular complexity index is 247. The fourth-order valence-electron chi connectivity index (χ4n) is 0.851. The second-order valence-electron chi connectivity index (χ2n) is 2.22. The molecule has 4 heteroatoms. The van der Waals surface area contributed by atoms with Crippen molar-refractivity contribution in [2.45, 2.75) is 11.7 Å². The number of nitrogens with zero attached hydrogens (tertiary/aromatic N) is 2. The number of hydrogen-bond acceptors (Lipinski definition) is 3. The van der Waals surface area contributed by atoms with Crippen LogP contribution in [0.1, 0.15) is 0 Å². The molecule has 0 unspecified atom stereocenters. The van der Waals surface area contributed by atoms with E-state index in [1.54, 1.807) is 18.0 Å². The summed E-state index contributed by atoms with van der Waals surface area (Å²) in [4.78, 5) is 4.14. The zero-order valence-corrected chi connectivity index (χ0v) is 7.63. The second-order valence-corrected chi connectivity index (χ2v) is 3.28. The van der Waals surface area contributed by atoms with Crippen molar-refractivity contribution < 1.29 is 5.11 Å². The summed E-state index contributed by atoms with van der Waals surface area (Å²) in [6, 6.07) is 0. The van der Waals surface area contributed by atoms with Gasteiger partial charge in [-0.05, 0) is 0 Å². The minimum absolute atomic E-state index is 0.186. The van der Waals surface area contributed by atoms with Gasteiger partial charge in [-0.25, -0.2) is 4.98 Å². The first-order valence-corrected chi connectivity index (χ1v) is 4.72. The summed E-state index contributed by atoms with van der Waals surface area (Å²) >= 11 is 1.55. The van der Waals surface area contributed by atoms with E-state index in [4.69, 9.17) is 5.11 Å². The summed E-state index contributed by atoms with van der Waals surface area (Å²) < 4.78 is 1.99. The van der Waals surface area contributed by atoms with Crippen molar-refractivity contribution in [1.29, 1.82) is 0 Å². The van der Waals surface area contributed by atoms with Gasteiger partial charge in [-0.3, -0.25) is 0 Å². The summed E-state index contributed by atoms with van der Waals surface area (Å²) in [6.07, 6.45) is 5.48. The maximum atomic E-state index is 8.61. The van der Waals surface area contributed by atoms with Crippen LogP contribution in [0.5, 0.6) is 0 Å². The molecule has 0 aliphatic rings. The quantitative estimate of drug-likeness (QED) is 0.551. The van der Waals surface area contributed by atoms with Gasteiger partial charge in [0.2, 0.25) is 0 Å². The van der Waals surface area contributed by atoms with Crippen molar-refractivity contribution in [1.82, 2.24) is 9.55 Å². The molecule has 1 aromatic rings. The highest BCUT2D eigenvalue weighted by Crippen LogP contribution is 2.14. The molecule has 1 aromatic heterocycles. The number of imidazole rings is 1. The minimum Gasteiger partial charge on any atom is -0.396 e. The topological polar surface area (TPSA) is 38.0 Å². The summed E-state index contributed by atoms with van der Waals surface area (Å²) in [6.45, 7) is 4.61. The molecule has 0 aliphatic carbocycles. The van der Waals surface area contributed by atoms with Crippen molar-refractivity contribution >= 4 is 11.8 Å². The van der Waals surface area contributed by atoms with E-state index in [0.29, 0.717) is 5.75 Å². The van der Waals surface area contributed by atoms with Gasteiger partial charge in [-0.1, -0.05) is 17.8 Å². The Morgan fingerprint density at radius 3 is 3.25 bits per heavy atom. The van der Waals surface area contributed by atoms with E-state index in [1.807, 2.05) is 16.8 Å². The molecule has 1 heterocycles. The molecule has 0 amide bonds. The minimum atomic E-state index is 0.186. The van der Waals surface area contributed by atoms with Crippen molar-refractivity contribution in [3.63, 3.8) is 0 Å². The van der Waals surface area contributed by atoms with Crippen molar-refractivity contribution in [3.8, 4) is 0 Å². The normalized spacial score (nSPS) is 10.1. The molecule has 1 N–H and O–H groups in total. The Kier molecular flexibility index (Phi) is 3.90. The van der Waals surface area contributed by atoms with Gasteiger partial charge < -0.3 is 9.67 Å². The molecule has 0 aromatic carbocycles. The Morgan fingerprint density at radius 1 is 1.75 bits per heavy atom. The molecular formula is C8H12N2OS. The second kappa shape index (κ2) is 5.00. The summed E-state index contributed by atoms with van der Waals surface area (Å²) in [5.41, 5.74) is 0. The van der Waals surface area contributed by atoms with E-state index < -0.39 is 0 Å². The number of allylic oxidation sites excluding steroid dienone is 1. The molecule has 0 saturated carbocycles. The van der Waals surface area contributed by atoms with Gasteiger partial charge in [0, 0.05) is 24.7 Å². The Morgan fingerprint density at radius 2 is 2.58 bits per heavy atom. The molecule has 0 saturated heterocycles. The number of hydrogen-bond donors (Lipinski definition) is 1. The maximum Gasteiger partial charge on any atom is 0.168 e. The Hall–Kier alpha value is -0.740. The first-order valence-electron chi connectivity index (χ1n) is 3.74. The zero-order valence-electron chi connectivity index (χ0n) is 6.81. The Balaban J connectivity index is 2.57. The molecule has 0 fully saturated rings. The third kappa shape index (κ3) is 2.39. The van der Waals surface area contributed by atoms with Crippen LogP contribution in [0.25, 0.3) is 0 Å². The lowest BCUT2D eigenvalue weighted by molar-refractivity contribution is 0.322. The lowest BCUT2D eigenvalue weighted by Gasteiger charge is -2.02. The van der Waals surface area contributed by atoms with Crippen molar-refractivity contribution in [2.75, 3.05) is 12.4 Å². The van der Waals surface area contributed by atoms with Crippen molar-refractivity contribution in [2.24, 2.45) is 0 Å². The zero-order chi connectivity index (χ0) is 8.81. The summed E-state index contributed by atoms with van der Waals surface area (Å²) in [7, 11) is 0. The van der Waals surface area contributed by atoms with Gasteiger partial charge in [0.15, 0.2) is 5.16 Å². The predicted molar refractivity (Wildman–Crippen MR) is 50.2 cm³/mol. The fourth-order valence-corrected chi connectivity index (χ4v) is 1.56. The van der Waals surface area contributed by atoms with Crippen LogP contribution in [0, 0.1) is 0 Å². The molecule has 0 radical (unpaired) electrons. The highest BCUT2D eigenvalue weighted by molar-refractivity contribution is 7.99. The number of aliphatic hydroxyl groups is 1. The van der Waals surface area contributed by atoms with Crippen LogP contribution < -0.4 is 0 Å². The lowest BCUT2D eigenvalue weighted by atomic mass is 10.6. The van der Waals surface area contributed by atoms with E-state index in [-0.39, 0.29) is 6.61 Å². The first kappa shape index (κ1) is 9.35. The highest BCUT2D eigenvalue weighted by atomic mass is 32.2. The van der Waals surface area contributed by atoms with Crippen LogP contribution >= 0.6 is 11.8 Å². The van der Waals surface area contributed by atoms with Crippen LogP contribution in [0.15, 0.2) is 30.2 Å². The predicted octanol–water partition coefficient (Wildman–Crippen LogP) is 1.15. The van der Waals surface area contributed by atoms with Gasteiger partial charge in [-0.15, -0.1) is 6.58 Å². The van der Waals surface area contributed by atoms with Gasteiger partial charge >= 0.3 is 0 Å². The lowest BCUT2D eigenvalue weighted by Crippen LogP contribution is -1.97. The molecule has 66 valence electrons. The van der Waals surface area contributed by atoms with Gasteiger partial charge in [0.1, 0.15) is 0 Å². The van der Waals surface area contributed by atoms with Gasteiger partial charge in [0.25, 0.3) is 0 Å². The van der Waals surface area contributed by atoms with E-state index >= 15 is 0 Å². The molecular weight excluding hydrogens is 172 g/mol. The third-order valence-electron chi connectivity index (χ3n) is 1.33. The monoisotopic (exact) mass is 184 g/mol. The standard InChI is InChI=1S/C8H12N2OS/c1-2-4-10-5-3-9-8(10)12-7-6-11/h2-3,5,11H,1,4,6-7H2. The smallest absolute Gasteiger partial charge is 0.168 e. The van der Waals surface area contributed by atoms with Crippen molar-refractivity contribution in [3.05, 3.63) is 25.0 Å².